The number of nitrogens with one attached hydrogen (secondary N) is 1. The minimum atomic E-state index is -0.418. The molecule has 0 saturated carbocycles. The van der Waals surface area contributed by atoms with E-state index < -0.39 is 5.91 Å². The number of carbonyl (C=O) groups excluding carboxylic acids is 2. The summed E-state index contributed by atoms with van der Waals surface area (Å²) in [5.41, 5.74) is 1.45. The Labute approximate surface area is 120 Å². The molecule has 3 rings (SSSR count). The molecule has 6 heteroatoms. The summed E-state index contributed by atoms with van der Waals surface area (Å²) < 4.78 is 15.6. The van der Waals surface area contributed by atoms with Gasteiger partial charge in [-0.2, -0.15) is 0 Å². The third kappa shape index (κ3) is 2.35. The fourth-order valence-corrected chi connectivity index (χ4v) is 2.12. The van der Waals surface area contributed by atoms with Crippen LogP contribution < -0.4 is 14.8 Å². The number of ether oxygens (including phenoxy) is 2. The Morgan fingerprint density at radius 2 is 1.90 bits per heavy atom. The minimum absolute atomic E-state index is 0.0986. The number of amides is 1. The lowest BCUT2D eigenvalue weighted by Crippen LogP contribution is -2.14. The Balaban J connectivity index is 1.96. The van der Waals surface area contributed by atoms with Gasteiger partial charge < -0.3 is 19.2 Å². The number of rotatable bonds is 3. The first-order valence-electron chi connectivity index (χ1n) is 6.36. The monoisotopic (exact) mass is 287 g/mol. The van der Waals surface area contributed by atoms with Gasteiger partial charge in [-0.25, -0.2) is 0 Å². The quantitative estimate of drug-likeness (QED) is 0.878. The van der Waals surface area contributed by atoms with Crippen LogP contribution in [0.3, 0.4) is 0 Å². The molecule has 2 heterocycles. The van der Waals surface area contributed by atoms with Crippen molar-refractivity contribution >= 4 is 17.4 Å². The summed E-state index contributed by atoms with van der Waals surface area (Å²) in [6, 6.07) is 4.84. The lowest BCUT2D eigenvalue weighted by Gasteiger charge is -2.10. The van der Waals surface area contributed by atoms with E-state index in [1.165, 1.54) is 13.2 Å². The second-order valence-corrected chi connectivity index (χ2v) is 4.69. The van der Waals surface area contributed by atoms with E-state index in [0.29, 0.717) is 22.7 Å². The molecule has 0 fully saturated rings. The van der Waals surface area contributed by atoms with Crippen LogP contribution in [0.25, 0.3) is 0 Å². The molecule has 1 amide bonds. The van der Waals surface area contributed by atoms with Gasteiger partial charge >= 0.3 is 0 Å². The smallest absolute Gasteiger partial charge is 0.291 e. The van der Waals surface area contributed by atoms with Crippen molar-refractivity contribution in [1.82, 2.24) is 0 Å². The minimum Gasteiger partial charge on any atom is -0.459 e. The second-order valence-electron chi connectivity index (χ2n) is 4.69. The van der Waals surface area contributed by atoms with Gasteiger partial charge in [0.25, 0.3) is 5.91 Å². The third-order valence-electron chi connectivity index (χ3n) is 3.21. The van der Waals surface area contributed by atoms with Crippen LogP contribution in [-0.4, -0.2) is 18.5 Å². The molecular formula is C15H13NO5. The Morgan fingerprint density at radius 1 is 1.19 bits per heavy atom. The van der Waals surface area contributed by atoms with Crippen molar-refractivity contribution in [2.45, 2.75) is 13.8 Å². The van der Waals surface area contributed by atoms with Gasteiger partial charge in [-0.05, 0) is 26.0 Å². The van der Waals surface area contributed by atoms with E-state index in [1.807, 2.05) is 0 Å². The second kappa shape index (κ2) is 4.97. The molecule has 1 aliphatic rings. The average molecular weight is 287 g/mol. The molecule has 0 atom stereocenters. The van der Waals surface area contributed by atoms with Gasteiger partial charge in [0.15, 0.2) is 23.0 Å². The number of ketones is 1. The van der Waals surface area contributed by atoms with Crippen LogP contribution in [-0.2, 0) is 0 Å². The normalized spacial score (nSPS) is 12.3. The van der Waals surface area contributed by atoms with E-state index in [-0.39, 0.29) is 18.3 Å². The lowest BCUT2D eigenvalue weighted by molar-refractivity contribution is 0.0996. The number of carbonyl (C=O) groups is 2. The highest BCUT2D eigenvalue weighted by molar-refractivity contribution is 6.08. The van der Waals surface area contributed by atoms with E-state index in [0.717, 1.165) is 5.56 Å². The van der Waals surface area contributed by atoms with Gasteiger partial charge in [0.1, 0.15) is 0 Å². The van der Waals surface area contributed by atoms with Crippen molar-refractivity contribution < 1.29 is 23.5 Å². The topological polar surface area (TPSA) is 77.8 Å². The van der Waals surface area contributed by atoms with Crippen LogP contribution in [0.5, 0.6) is 11.5 Å². The molecule has 0 saturated heterocycles. The van der Waals surface area contributed by atoms with Crippen molar-refractivity contribution in [2.75, 3.05) is 12.1 Å². The first kappa shape index (κ1) is 13.2. The summed E-state index contributed by atoms with van der Waals surface area (Å²) in [4.78, 5) is 23.9. The van der Waals surface area contributed by atoms with E-state index in [1.54, 1.807) is 25.1 Å². The largest absolute Gasteiger partial charge is 0.459 e. The first-order valence-corrected chi connectivity index (χ1v) is 6.36. The molecule has 6 nitrogen and oxygen atoms in total. The summed E-state index contributed by atoms with van der Waals surface area (Å²) in [7, 11) is 0. The lowest BCUT2D eigenvalue weighted by atomic mass is 10.1. The molecule has 1 N–H and O–H groups in total. The van der Waals surface area contributed by atoms with E-state index >= 15 is 0 Å². The number of Topliss-reactive ketones (excluding diaryl/α,β-unsaturated/α-hetero) is 1. The maximum Gasteiger partial charge on any atom is 0.291 e. The van der Waals surface area contributed by atoms with Gasteiger partial charge in [-0.3, -0.25) is 9.59 Å². The number of hydrogen-bond acceptors (Lipinski definition) is 5. The number of fused-ring (bicyclic) bond motifs is 1. The van der Waals surface area contributed by atoms with Crippen LogP contribution in [0.2, 0.25) is 0 Å². The van der Waals surface area contributed by atoms with Crippen LogP contribution in [0.4, 0.5) is 5.69 Å². The van der Waals surface area contributed by atoms with Crippen LogP contribution >= 0.6 is 0 Å². The van der Waals surface area contributed by atoms with Crippen LogP contribution in [0.1, 0.15) is 33.4 Å². The molecule has 1 aliphatic heterocycles. The highest BCUT2D eigenvalue weighted by atomic mass is 16.7. The Morgan fingerprint density at radius 3 is 2.52 bits per heavy atom. The molecular weight excluding hydrogens is 274 g/mol. The zero-order valence-corrected chi connectivity index (χ0v) is 11.6. The van der Waals surface area contributed by atoms with Crippen LogP contribution in [0, 0.1) is 6.92 Å². The van der Waals surface area contributed by atoms with Gasteiger partial charge in [-0.15, -0.1) is 0 Å². The summed E-state index contributed by atoms with van der Waals surface area (Å²) in [6.07, 6.45) is 1.44. The molecule has 1 aromatic heterocycles. The summed E-state index contributed by atoms with van der Waals surface area (Å²) >= 11 is 0. The molecule has 1 aromatic carbocycles. The van der Waals surface area contributed by atoms with Crippen molar-refractivity contribution in [1.29, 1.82) is 0 Å². The summed E-state index contributed by atoms with van der Waals surface area (Å²) in [5, 5.41) is 2.68. The van der Waals surface area contributed by atoms with Gasteiger partial charge in [0.2, 0.25) is 6.79 Å². The maximum atomic E-state index is 12.2. The number of anilines is 1. The Kier molecular flexibility index (Phi) is 3.13. The van der Waals surface area contributed by atoms with E-state index in [2.05, 4.69) is 5.32 Å². The molecule has 0 radical (unpaired) electrons. The maximum absolute atomic E-state index is 12.2. The number of hydrogen-bond donors (Lipinski definition) is 1. The predicted molar refractivity (Wildman–Crippen MR) is 74.0 cm³/mol. The molecule has 0 spiro atoms. The third-order valence-corrected chi connectivity index (χ3v) is 3.21. The van der Waals surface area contributed by atoms with Gasteiger partial charge in [-0.1, -0.05) is 0 Å². The molecule has 108 valence electrons. The van der Waals surface area contributed by atoms with Crippen molar-refractivity contribution in [3.05, 3.63) is 41.3 Å². The van der Waals surface area contributed by atoms with Gasteiger partial charge in [0.05, 0.1) is 12.0 Å². The van der Waals surface area contributed by atoms with E-state index in [9.17, 15) is 9.59 Å². The van der Waals surface area contributed by atoms with Gasteiger partial charge in [0, 0.05) is 17.2 Å². The Bertz CT molecular complexity index is 732. The zero-order chi connectivity index (χ0) is 15.0. The predicted octanol–water partition coefficient (Wildman–Crippen LogP) is 2.77. The average Bonchev–Trinajstić information content (AvgIpc) is 3.05. The summed E-state index contributed by atoms with van der Waals surface area (Å²) in [6.45, 7) is 3.29. The SMILES string of the molecule is CC(=O)c1cc2c(cc1NC(=O)c1occc1C)OCO2. The molecule has 0 bridgehead atoms. The Hall–Kier alpha value is -2.76. The first-order chi connectivity index (χ1) is 10.1. The van der Waals surface area contributed by atoms with E-state index in [4.69, 9.17) is 13.9 Å². The number of benzene rings is 1. The van der Waals surface area contributed by atoms with Crippen molar-refractivity contribution in [2.24, 2.45) is 0 Å². The fourth-order valence-electron chi connectivity index (χ4n) is 2.12. The van der Waals surface area contributed by atoms with Crippen molar-refractivity contribution in [3.63, 3.8) is 0 Å². The number of aryl methyl sites for hydroxylation is 1. The standard InChI is InChI=1S/C15H13NO5/c1-8-3-4-19-14(8)15(18)16-11-6-13-12(20-7-21-13)5-10(11)9(2)17/h3-6H,7H2,1-2H3,(H,16,18). The summed E-state index contributed by atoms with van der Waals surface area (Å²) in [5.74, 6) is 0.597. The highest BCUT2D eigenvalue weighted by Crippen LogP contribution is 2.37. The molecule has 0 unspecified atom stereocenters. The highest BCUT2D eigenvalue weighted by Gasteiger charge is 2.21. The zero-order valence-electron chi connectivity index (χ0n) is 11.6. The van der Waals surface area contributed by atoms with Crippen LogP contribution in [0.15, 0.2) is 28.9 Å². The molecule has 21 heavy (non-hydrogen) atoms. The molecule has 0 aliphatic carbocycles. The fraction of sp³-hybridized carbons (Fsp3) is 0.200. The molecule has 2 aromatic rings. The van der Waals surface area contributed by atoms with Crippen molar-refractivity contribution in [3.8, 4) is 11.5 Å². The number of furan rings is 1.